The molecule has 0 fully saturated rings. The molecule has 3 aromatic rings. The molecule has 1 aromatic carbocycles. The largest absolute Gasteiger partial charge is 0.258 e. The second-order valence-corrected chi connectivity index (χ2v) is 9.09. The van der Waals surface area contributed by atoms with Crippen molar-refractivity contribution in [3.8, 4) is 11.1 Å². The summed E-state index contributed by atoms with van der Waals surface area (Å²) in [6, 6.07) is 12.9. The standard InChI is InChI=1S/C23H27N3S/c1-16-7-9-18(10-8-16)20-13-19(14-23(3,4)5)26-17(2)21(20)15-27-22-24-11-6-12-25-22/h6-13H,14-15H2,1-5H3. The Hall–Kier alpha value is -2.20. The van der Waals surface area contributed by atoms with E-state index < -0.39 is 0 Å². The van der Waals surface area contributed by atoms with E-state index in [4.69, 9.17) is 4.98 Å². The first-order chi connectivity index (χ1) is 12.8. The second kappa shape index (κ2) is 8.22. The van der Waals surface area contributed by atoms with Gasteiger partial charge >= 0.3 is 0 Å². The molecule has 0 N–H and O–H groups in total. The zero-order chi connectivity index (χ0) is 19.4. The number of rotatable bonds is 5. The van der Waals surface area contributed by atoms with Gasteiger partial charge in [0.2, 0.25) is 0 Å². The number of aromatic nitrogens is 3. The number of hydrogen-bond donors (Lipinski definition) is 0. The summed E-state index contributed by atoms with van der Waals surface area (Å²) in [4.78, 5) is 13.6. The fourth-order valence-electron chi connectivity index (χ4n) is 3.07. The van der Waals surface area contributed by atoms with Crippen molar-refractivity contribution in [1.82, 2.24) is 15.0 Å². The minimum absolute atomic E-state index is 0.206. The van der Waals surface area contributed by atoms with Gasteiger partial charge in [0.05, 0.1) is 0 Å². The van der Waals surface area contributed by atoms with Crippen molar-refractivity contribution in [2.75, 3.05) is 0 Å². The van der Waals surface area contributed by atoms with E-state index in [2.05, 4.69) is 74.9 Å². The highest BCUT2D eigenvalue weighted by Crippen LogP contribution is 2.32. The Morgan fingerprint density at radius 1 is 0.963 bits per heavy atom. The molecule has 0 bridgehead atoms. The van der Waals surface area contributed by atoms with Gasteiger partial charge in [0, 0.05) is 29.5 Å². The molecule has 2 heterocycles. The molecule has 0 saturated heterocycles. The molecule has 2 aromatic heterocycles. The topological polar surface area (TPSA) is 38.7 Å². The van der Waals surface area contributed by atoms with E-state index >= 15 is 0 Å². The molecule has 0 aliphatic rings. The van der Waals surface area contributed by atoms with Gasteiger partial charge < -0.3 is 0 Å². The molecule has 27 heavy (non-hydrogen) atoms. The molecule has 0 spiro atoms. The Morgan fingerprint density at radius 3 is 2.26 bits per heavy atom. The average molecular weight is 378 g/mol. The van der Waals surface area contributed by atoms with Gasteiger partial charge in [-0.05, 0) is 54.5 Å². The Morgan fingerprint density at radius 2 is 1.63 bits per heavy atom. The fraction of sp³-hybridized carbons (Fsp3) is 0.348. The average Bonchev–Trinajstić information content (AvgIpc) is 2.61. The van der Waals surface area contributed by atoms with Crippen LogP contribution in [0.1, 0.15) is 43.3 Å². The number of hydrogen-bond acceptors (Lipinski definition) is 4. The third kappa shape index (κ3) is 5.39. The summed E-state index contributed by atoms with van der Waals surface area (Å²) < 4.78 is 0. The minimum atomic E-state index is 0.206. The summed E-state index contributed by atoms with van der Waals surface area (Å²) in [5.74, 6) is 0.807. The van der Waals surface area contributed by atoms with Crippen LogP contribution >= 0.6 is 11.8 Å². The monoisotopic (exact) mass is 377 g/mol. The van der Waals surface area contributed by atoms with Gasteiger partial charge in [-0.15, -0.1) is 0 Å². The van der Waals surface area contributed by atoms with Crippen molar-refractivity contribution < 1.29 is 0 Å². The maximum Gasteiger partial charge on any atom is 0.187 e. The van der Waals surface area contributed by atoms with Crippen molar-refractivity contribution in [3.05, 3.63) is 71.3 Å². The van der Waals surface area contributed by atoms with E-state index in [0.29, 0.717) is 0 Å². The van der Waals surface area contributed by atoms with Crippen LogP contribution in [-0.2, 0) is 12.2 Å². The first-order valence-corrected chi connectivity index (χ1v) is 10.3. The summed E-state index contributed by atoms with van der Waals surface area (Å²) >= 11 is 1.66. The van der Waals surface area contributed by atoms with Gasteiger partial charge in [-0.1, -0.05) is 62.4 Å². The molecular weight excluding hydrogens is 350 g/mol. The van der Waals surface area contributed by atoms with Gasteiger partial charge in [-0.2, -0.15) is 0 Å². The maximum absolute atomic E-state index is 4.92. The second-order valence-electron chi connectivity index (χ2n) is 8.15. The lowest BCUT2D eigenvalue weighted by Crippen LogP contribution is -2.12. The van der Waals surface area contributed by atoms with Crippen LogP contribution in [0, 0.1) is 19.3 Å². The van der Waals surface area contributed by atoms with Crippen molar-refractivity contribution in [2.45, 2.75) is 51.9 Å². The summed E-state index contributed by atoms with van der Waals surface area (Å²) in [5, 5.41) is 0.797. The number of thioether (sulfide) groups is 1. The van der Waals surface area contributed by atoms with Crippen LogP contribution in [0.15, 0.2) is 53.9 Å². The molecule has 0 amide bonds. The maximum atomic E-state index is 4.92. The molecule has 140 valence electrons. The number of benzene rings is 1. The van der Waals surface area contributed by atoms with Crippen LogP contribution < -0.4 is 0 Å². The van der Waals surface area contributed by atoms with E-state index in [1.54, 1.807) is 24.2 Å². The number of pyridine rings is 1. The summed E-state index contributed by atoms with van der Waals surface area (Å²) in [5.41, 5.74) is 7.49. The van der Waals surface area contributed by atoms with E-state index in [1.165, 1.54) is 22.3 Å². The van der Waals surface area contributed by atoms with Crippen LogP contribution in [0.4, 0.5) is 0 Å². The highest BCUT2D eigenvalue weighted by molar-refractivity contribution is 7.98. The lowest BCUT2D eigenvalue weighted by atomic mass is 9.88. The Kier molecular flexibility index (Phi) is 5.95. The third-order valence-corrected chi connectivity index (χ3v) is 5.25. The van der Waals surface area contributed by atoms with Crippen LogP contribution in [0.2, 0.25) is 0 Å². The van der Waals surface area contributed by atoms with Crippen molar-refractivity contribution in [1.29, 1.82) is 0 Å². The van der Waals surface area contributed by atoms with E-state index in [1.807, 2.05) is 6.07 Å². The van der Waals surface area contributed by atoms with Crippen LogP contribution in [0.5, 0.6) is 0 Å². The van der Waals surface area contributed by atoms with Crippen LogP contribution in [0.3, 0.4) is 0 Å². The summed E-state index contributed by atoms with van der Waals surface area (Å²) in [6.07, 6.45) is 4.53. The van der Waals surface area contributed by atoms with Crippen molar-refractivity contribution >= 4 is 11.8 Å². The lowest BCUT2D eigenvalue weighted by molar-refractivity contribution is 0.406. The molecule has 4 heteroatoms. The van der Waals surface area contributed by atoms with Crippen molar-refractivity contribution in [2.24, 2.45) is 5.41 Å². The lowest BCUT2D eigenvalue weighted by Gasteiger charge is -2.20. The van der Waals surface area contributed by atoms with E-state index in [9.17, 15) is 0 Å². The molecule has 3 nitrogen and oxygen atoms in total. The molecule has 0 unspecified atom stereocenters. The van der Waals surface area contributed by atoms with Gasteiger partial charge in [-0.3, -0.25) is 4.98 Å². The highest BCUT2D eigenvalue weighted by Gasteiger charge is 2.17. The highest BCUT2D eigenvalue weighted by atomic mass is 32.2. The van der Waals surface area contributed by atoms with Gasteiger partial charge in [0.25, 0.3) is 0 Å². The molecule has 0 atom stereocenters. The van der Waals surface area contributed by atoms with Crippen molar-refractivity contribution in [3.63, 3.8) is 0 Å². The molecule has 0 radical (unpaired) electrons. The van der Waals surface area contributed by atoms with Crippen LogP contribution in [-0.4, -0.2) is 15.0 Å². The predicted molar refractivity (Wildman–Crippen MR) is 114 cm³/mol. The zero-order valence-electron chi connectivity index (χ0n) is 16.8. The van der Waals surface area contributed by atoms with Gasteiger partial charge in [-0.25, -0.2) is 9.97 Å². The number of nitrogens with zero attached hydrogens (tertiary/aromatic N) is 3. The van der Waals surface area contributed by atoms with Crippen LogP contribution in [0.25, 0.3) is 11.1 Å². The molecule has 0 aliphatic heterocycles. The first-order valence-electron chi connectivity index (χ1n) is 9.28. The van der Waals surface area contributed by atoms with Gasteiger partial charge in [0.1, 0.15) is 0 Å². The fourth-order valence-corrected chi connectivity index (χ4v) is 3.98. The smallest absolute Gasteiger partial charge is 0.187 e. The molecular formula is C23H27N3S. The quantitative estimate of drug-likeness (QED) is 0.401. The van der Waals surface area contributed by atoms with E-state index in [-0.39, 0.29) is 5.41 Å². The zero-order valence-corrected chi connectivity index (χ0v) is 17.6. The van der Waals surface area contributed by atoms with Gasteiger partial charge in [0.15, 0.2) is 5.16 Å². The Balaban J connectivity index is 2.00. The third-order valence-electron chi connectivity index (χ3n) is 4.35. The SMILES string of the molecule is Cc1ccc(-c2cc(CC(C)(C)C)nc(C)c2CSc2ncccn2)cc1. The van der Waals surface area contributed by atoms with E-state index in [0.717, 1.165) is 28.7 Å². The predicted octanol–water partition coefficient (Wildman–Crippen LogP) is 6.04. The minimum Gasteiger partial charge on any atom is -0.258 e. The first kappa shape index (κ1) is 19.6. The molecule has 0 saturated carbocycles. The molecule has 0 aliphatic carbocycles. The Bertz CT molecular complexity index is 897. The number of aryl methyl sites for hydroxylation is 2. The molecule has 3 rings (SSSR count). The summed E-state index contributed by atoms with van der Waals surface area (Å²) in [6.45, 7) is 11.0. The Labute approximate surface area is 166 Å². The summed E-state index contributed by atoms with van der Waals surface area (Å²) in [7, 11) is 0. The normalized spacial score (nSPS) is 11.6.